The van der Waals surface area contributed by atoms with Gasteiger partial charge in [-0.3, -0.25) is 13.7 Å². The maximum Gasteiger partial charge on any atom is 0.294 e. The van der Waals surface area contributed by atoms with E-state index in [1.165, 1.54) is 6.07 Å². The van der Waals surface area contributed by atoms with Crippen LogP contribution in [0.5, 0.6) is 11.5 Å². The molecule has 0 saturated heterocycles. The van der Waals surface area contributed by atoms with Gasteiger partial charge in [0, 0.05) is 41.3 Å². The van der Waals surface area contributed by atoms with Crippen LogP contribution in [0.2, 0.25) is 5.02 Å². The lowest BCUT2D eigenvalue weighted by molar-refractivity contribution is 0.314. The molecule has 0 heterocycles. The predicted octanol–water partition coefficient (Wildman–Crippen LogP) is 5.80. The first kappa shape index (κ1) is 35.6. The third-order valence-corrected chi connectivity index (χ3v) is 11.7. The second kappa shape index (κ2) is 12.8. The van der Waals surface area contributed by atoms with Crippen molar-refractivity contribution < 1.29 is 54.2 Å². The highest BCUT2D eigenvalue weighted by Crippen LogP contribution is 2.41. The molecule has 0 spiro atoms. The molecule has 2 aliphatic rings. The van der Waals surface area contributed by atoms with Crippen LogP contribution in [-0.2, 0) is 56.0 Å². The number of phenolic OH excluding ortho intramolecular Hbond substituents is 2. The molecule has 0 aliphatic heterocycles. The number of rotatable bonds is 4. The van der Waals surface area contributed by atoms with Crippen LogP contribution in [0.3, 0.4) is 0 Å². The highest BCUT2D eigenvalue weighted by Gasteiger charge is 2.31. The van der Waals surface area contributed by atoms with Gasteiger partial charge < -0.3 is 15.3 Å². The normalized spacial score (nSPS) is 17.0. The van der Waals surface area contributed by atoms with Crippen molar-refractivity contribution in [1.29, 1.82) is 0 Å². The van der Waals surface area contributed by atoms with Crippen LogP contribution >= 0.6 is 11.6 Å². The zero-order chi connectivity index (χ0) is 36.3. The van der Waals surface area contributed by atoms with Crippen molar-refractivity contribution in [3.05, 3.63) is 127 Å². The van der Waals surface area contributed by atoms with E-state index in [1.807, 2.05) is 0 Å². The van der Waals surface area contributed by atoms with E-state index in [0.29, 0.717) is 16.1 Å². The Hall–Kier alpha value is -4.22. The summed E-state index contributed by atoms with van der Waals surface area (Å²) in [6.07, 6.45) is -0.396. The minimum absolute atomic E-state index is 0.000108. The number of phenols is 2. The summed E-state index contributed by atoms with van der Waals surface area (Å²) in [7, 11) is -14.4. The van der Waals surface area contributed by atoms with Gasteiger partial charge in [-0.15, -0.1) is 0 Å². The summed E-state index contributed by atoms with van der Waals surface area (Å²) in [6, 6.07) is 15.6. The molecule has 12 nitrogen and oxygen atoms in total. The minimum Gasteiger partial charge on any atom is -0.512 e. The van der Waals surface area contributed by atoms with Crippen molar-refractivity contribution in [3.8, 4) is 22.6 Å². The summed E-state index contributed by atoms with van der Waals surface area (Å²) in [6.45, 7) is 0. The van der Waals surface area contributed by atoms with E-state index in [-0.39, 0.29) is 82.6 Å². The number of hydrogen-bond donors (Lipinski definition) is 6. The first-order valence-corrected chi connectivity index (χ1v) is 19.6. The van der Waals surface area contributed by atoms with Crippen molar-refractivity contribution in [2.24, 2.45) is 5.92 Å². The molecule has 0 fully saturated rings. The van der Waals surface area contributed by atoms with Crippen LogP contribution in [0.1, 0.15) is 39.8 Å². The van der Waals surface area contributed by atoms with Gasteiger partial charge >= 0.3 is 0 Å². The van der Waals surface area contributed by atoms with Crippen LogP contribution in [0, 0.1) is 5.92 Å². The van der Waals surface area contributed by atoms with Crippen molar-refractivity contribution in [1.82, 2.24) is 0 Å². The van der Waals surface area contributed by atoms with Gasteiger partial charge in [0.2, 0.25) is 0 Å². The number of benzene rings is 4. The van der Waals surface area contributed by atoms with Crippen molar-refractivity contribution >= 4 is 42.0 Å². The Morgan fingerprint density at radius 1 is 0.600 bits per heavy atom. The van der Waals surface area contributed by atoms with Crippen LogP contribution in [-0.4, -0.2) is 54.2 Å². The SMILES string of the molecule is O=S(=O)(O)C1=CC2=C(O)C(C1)Cc1cc(-c3ccccc3Cl)cc(c1O)Cc1cc(S(=O)(=O)O)cc(c1O)Cc1cc(cc(S(=O)(=O)O)c1)C2. The Bertz CT molecular complexity index is 2490. The molecule has 6 N–H and O–H groups in total. The molecule has 2 aliphatic carbocycles. The van der Waals surface area contributed by atoms with Gasteiger partial charge in [-0.1, -0.05) is 35.9 Å². The quantitative estimate of drug-likeness (QED) is 0.136. The van der Waals surface area contributed by atoms with Crippen molar-refractivity contribution in [3.63, 3.8) is 0 Å². The van der Waals surface area contributed by atoms with Crippen molar-refractivity contribution in [2.45, 2.75) is 41.9 Å². The third-order valence-electron chi connectivity index (χ3n) is 8.78. The van der Waals surface area contributed by atoms with Gasteiger partial charge in [0.05, 0.1) is 20.5 Å². The Kier molecular flexibility index (Phi) is 9.14. The number of hydrogen-bond acceptors (Lipinski definition) is 9. The summed E-state index contributed by atoms with van der Waals surface area (Å²) in [5.41, 5.74) is 1.61. The van der Waals surface area contributed by atoms with Gasteiger partial charge in [-0.2, -0.15) is 25.3 Å². The molecule has 0 saturated carbocycles. The summed E-state index contributed by atoms with van der Waals surface area (Å²) in [5.74, 6) is -2.03. The maximum absolute atomic E-state index is 12.4. The fourth-order valence-electron chi connectivity index (χ4n) is 6.46. The predicted molar refractivity (Wildman–Crippen MR) is 183 cm³/mol. The van der Waals surface area contributed by atoms with Gasteiger partial charge in [0.1, 0.15) is 11.5 Å². The molecule has 0 amide bonds. The summed E-state index contributed by atoms with van der Waals surface area (Å²) in [4.78, 5) is -1.58. The summed E-state index contributed by atoms with van der Waals surface area (Å²) >= 11 is 6.51. The molecular formula is C34H29ClO12S3. The molecule has 0 radical (unpaired) electrons. The zero-order valence-electron chi connectivity index (χ0n) is 25.8. The Morgan fingerprint density at radius 2 is 1.14 bits per heavy atom. The first-order valence-electron chi connectivity index (χ1n) is 14.9. The lowest BCUT2D eigenvalue weighted by Gasteiger charge is -2.26. The molecule has 4 aromatic rings. The van der Waals surface area contributed by atoms with Crippen LogP contribution < -0.4 is 0 Å². The van der Waals surface area contributed by atoms with Crippen LogP contribution in [0.15, 0.2) is 98.8 Å². The van der Waals surface area contributed by atoms with Crippen molar-refractivity contribution in [2.75, 3.05) is 0 Å². The smallest absolute Gasteiger partial charge is 0.294 e. The second-order valence-electron chi connectivity index (χ2n) is 12.3. The third kappa shape index (κ3) is 7.30. The molecule has 1 unspecified atom stereocenters. The number of aliphatic hydroxyl groups is 1. The van der Waals surface area contributed by atoms with Crippen LogP contribution in [0.25, 0.3) is 11.1 Å². The summed E-state index contributed by atoms with van der Waals surface area (Å²) in [5, 5.41) is 35.0. The minimum atomic E-state index is -4.84. The Balaban J connectivity index is 1.66. The standard InChI is InChI=1S/C34H29ClO12S3/c35-31-4-2-1-3-30(31)20-10-23-12-25-16-28(49(42,43)44)14-21(32(25)36)6-18-5-19(9-27(8-18)48(39,40)41)7-22-15-29(50(45,46)47)17-26(33(22)37)13-24(11-20)34(23)38/h1-5,8-11,14-16,26,36-38H,6-7,12-13,17H2,(H,39,40,41)(H,42,43,44)(H,45,46,47). The number of aromatic hydroxyl groups is 2. The molecule has 6 rings (SSSR count). The lowest BCUT2D eigenvalue weighted by Crippen LogP contribution is -2.20. The topological polar surface area (TPSA) is 224 Å². The van der Waals surface area contributed by atoms with E-state index in [2.05, 4.69) is 0 Å². The van der Waals surface area contributed by atoms with Gasteiger partial charge in [-0.05, 0) is 100 Å². The molecular weight excluding hydrogens is 732 g/mol. The van der Waals surface area contributed by atoms with Gasteiger partial charge in [0.25, 0.3) is 30.4 Å². The highest BCUT2D eigenvalue weighted by molar-refractivity contribution is 7.89. The number of allylic oxidation sites excluding steroid dienone is 4. The fourth-order valence-corrected chi connectivity index (χ4v) is 8.59. The molecule has 8 bridgehead atoms. The first-order chi connectivity index (χ1) is 23.3. The number of fused-ring (bicyclic) bond motifs is 7. The van der Waals surface area contributed by atoms with E-state index in [9.17, 15) is 54.2 Å². The largest absolute Gasteiger partial charge is 0.512 e. The van der Waals surface area contributed by atoms with E-state index >= 15 is 0 Å². The van der Waals surface area contributed by atoms with E-state index < -0.39 is 56.7 Å². The second-order valence-corrected chi connectivity index (χ2v) is 17.0. The molecule has 4 aromatic carbocycles. The molecule has 1 atom stereocenters. The van der Waals surface area contributed by atoms with Gasteiger partial charge in [-0.25, -0.2) is 0 Å². The Labute approximate surface area is 292 Å². The van der Waals surface area contributed by atoms with E-state index in [0.717, 1.165) is 30.3 Å². The van der Waals surface area contributed by atoms with E-state index in [1.54, 1.807) is 36.4 Å². The zero-order valence-corrected chi connectivity index (χ0v) is 29.0. The highest BCUT2D eigenvalue weighted by atomic mass is 35.5. The molecule has 0 aromatic heterocycles. The summed E-state index contributed by atoms with van der Waals surface area (Å²) < 4.78 is 104. The Morgan fingerprint density at radius 3 is 1.76 bits per heavy atom. The number of aliphatic hydroxyl groups excluding tert-OH is 1. The maximum atomic E-state index is 12.4. The monoisotopic (exact) mass is 760 g/mol. The lowest BCUT2D eigenvalue weighted by atomic mass is 9.84. The average molecular weight is 761 g/mol. The molecule has 50 heavy (non-hydrogen) atoms. The van der Waals surface area contributed by atoms with E-state index in [4.69, 9.17) is 11.6 Å². The van der Waals surface area contributed by atoms with Gasteiger partial charge in [0.15, 0.2) is 0 Å². The fraction of sp³-hybridized carbons (Fsp3) is 0.176. The molecule has 16 heteroatoms. The molecule has 262 valence electrons. The average Bonchev–Trinajstić information content (AvgIpc) is 3.01. The number of halogens is 1. The van der Waals surface area contributed by atoms with Crippen LogP contribution in [0.4, 0.5) is 0 Å².